The number of benzene rings is 1. The fourth-order valence-electron chi connectivity index (χ4n) is 3.79. The zero-order valence-corrected chi connectivity index (χ0v) is 17.1. The molecule has 0 bridgehead atoms. The van der Waals surface area contributed by atoms with E-state index in [1.807, 2.05) is 0 Å². The van der Waals surface area contributed by atoms with Crippen molar-refractivity contribution in [3.05, 3.63) is 36.8 Å². The average Bonchev–Trinajstić information content (AvgIpc) is 3.18. The smallest absolute Gasteiger partial charge is 0.175 e. The van der Waals surface area contributed by atoms with Crippen molar-refractivity contribution in [1.82, 2.24) is 14.5 Å². The number of aliphatic hydroxyl groups excluding tert-OH is 2. The fraction of sp³-hybridized carbons (Fsp3) is 0.368. The highest BCUT2D eigenvalue weighted by atomic mass is 32.2. The summed E-state index contributed by atoms with van der Waals surface area (Å²) in [5.74, 6) is 0.162. The van der Waals surface area contributed by atoms with Gasteiger partial charge in [-0.05, 0) is 24.6 Å². The van der Waals surface area contributed by atoms with Gasteiger partial charge in [-0.3, -0.25) is 0 Å². The number of nitrogens with zero attached hydrogens (tertiary/aromatic N) is 3. The molecular formula is C19H22N4O6S. The Labute approximate surface area is 172 Å². The molecule has 3 aromatic rings. The Bertz CT molecular complexity index is 1220. The number of nitrogens with two attached hydrogens (primary N) is 1. The summed E-state index contributed by atoms with van der Waals surface area (Å²) < 4.78 is 31.2. The number of hydrogen-bond donors (Lipinski definition) is 4. The zero-order chi connectivity index (χ0) is 21.8. The Morgan fingerprint density at radius 1 is 1.33 bits per heavy atom. The molecule has 2 aromatic heterocycles. The van der Waals surface area contributed by atoms with Gasteiger partial charge in [0.1, 0.15) is 35.6 Å². The lowest BCUT2D eigenvalue weighted by Gasteiger charge is -2.27. The van der Waals surface area contributed by atoms with E-state index < -0.39 is 40.5 Å². The van der Waals surface area contributed by atoms with Gasteiger partial charge in [0.2, 0.25) is 0 Å². The molecule has 1 saturated heterocycles. The standard InChI is InChI=1S/C19H22N4O6S/c1-19(26)15(25)13(8-24)29-18(19)23-7-12(14-16(20)21-9-22-17(14)23)10-4-3-5-11(6-10)30(2,27)28/h3-7,9,13,15,18,24-26H,8H2,1-2H3,(H2,20,21,22)/t13-,15-,18-,19-/m1/s1. The summed E-state index contributed by atoms with van der Waals surface area (Å²) >= 11 is 0. The number of fused-ring (bicyclic) bond motifs is 1. The van der Waals surface area contributed by atoms with E-state index in [0.29, 0.717) is 22.2 Å². The first kappa shape index (κ1) is 20.7. The van der Waals surface area contributed by atoms with Crippen molar-refractivity contribution in [2.75, 3.05) is 18.6 Å². The quantitative estimate of drug-likeness (QED) is 0.446. The summed E-state index contributed by atoms with van der Waals surface area (Å²) in [4.78, 5) is 8.43. The van der Waals surface area contributed by atoms with E-state index in [1.165, 1.54) is 30.0 Å². The van der Waals surface area contributed by atoms with E-state index in [0.717, 1.165) is 6.26 Å². The maximum atomic E-state index is 12.0. The van der Waals surface area contributed by atoms with Crippen LogP contribution in [0.25, 0.3) is 22.2 Å². The van der Waals surface area contributed by atoms with Crippen LogP contribution in [0.4, 0.5) is 5.82 Å². The second kappa shape index (κ2) is 7.00. The minimum Gasteiger partial charge on any atom is -0.394 e. The van der Waals surface area contributed by atoms with Gasteiger partial charge in [0.15, 0.2) is 16.1 Å². The molecule has 10 nitrogen and oxygen atoms in total. The molecule has 0 unspecified atom stereocenters. The first-order valence-corrected chi connectivity index (χ1v) is 11.0. The number of aliphatic hydroxyl groups is 3. The van der Waals surface area contributed by atoms with Gasteiger partial charge in [-0.2, -0.15) is 0 Å². The molecule has 0 spiro atoms. The van der Waals surface area contributed by atoms with Gasteiger partial charge in [-0.25, -0.2) is 18.4 Å². The fourth-order valence-corrected chi connectivity index (χ4v) is 4.46. The van der Waals surface area contributed by atoms with Crippen molar-refractivity contribution in [2.45, 2.75) is 35.9 Å². The molecule has 11 heteroatoms. The van der Waals surface area contributed by atoms with Gasteiger partial charge in [-0.1, -0.05) is 12.1 Å². The average molecular weight is 434 g/mol. The Morgan fingerprint density at radius 3 is 2.70 bits per heavy atom. The number of nitrogen functional groups attached to an aromatic ring is 1. The van der Waals surface area contributed by atoms with Crippen molar-refractivity contribution < 1.29 is 28.5 Å². The molecule has 1 aliphatic rings. The van der Waals surface area contributed by atoms with Crippen LogP contribution in [0.1, 0.15) is 13.2 Å². The monoisotopic (exact) mass is 434 g/mol. The molecule has 4 atom stereocenters. The highest BCUT2D eigenvalue weighted by molar-refractivity contribution is 7.90. The molecule has 3 heterocycles. The largest absolute Gasteiger partial charge is 0.394 e. The second-order valence-electron chi connectivity index (χ2n) is 7.59. The molecular weight excluding hydrogens is 412 g/mol. The number of hydrogen-bond acceptors (Lipinski definition) is 9. The van der Waals surface area contributed by atoms with E-state index in [2.05, 4.69) is 9.97 Å². The second-order valence-corrected chi connectivity index (χ2v) is 9.60. The number of sulfone groups is 1. The molecule has 0 radical (unpaired) electrons. The van der Waals surface area contributed by atoms with E-state index in [4.69, 9.17) is 10.5 Å². The topological polar surface area (TPSA) is 161 Å². The summed E-state index contributed by atoms with van der Waals surface area (Å²) in [6.45, 7) is 0.922. The van der Waals surface area contributed by atoms with Crippen LogP contribution in [0, 0.1) is 0 Å². The predicted octanol–water partition coefficient (Wildman–Crippen LogP) is 0.0856. The Balaban J connectivity index is 1.95. The molecule has 5 N–H and O–H groups in total. The van der Waals surface area contributed by atoms with Crippen LogP contribution in [-0.2, 0) is 14.6 Å². The maximum Gasteiger partial charge on any atom is 0.175 e. The molecule has 1 aliphatic heterocycles. The molecule has 0 amide bonds. The molecule has 4 rings (SSSR count). The maximum absolute atomic E-state index is 12.0. The lowest BCUT2D eigenvalue weighted by Crippen LogP contribution is -2.44. The van der Waals surface area contributed by atoms with Gasteiger partial charge in [0.25, 0.3) is 0 Å². The Kier molecular flexibility index (Phi) is 4.83. The van der Waals surface area contributed by atoms with Crippen LogP contribution in [-0.4, -0.2) is 68.9 Å². The number of ether oxygens (including phenoxy) is 1. The predicted molar refractivity (Wildman–Crippen MR) is 108 cm³/mol. The van der Waals surface area contributed by atoms with Gasteiger partial charge in [0.05, 0.1) is 16.9 Å². The van der Waals surface area contributed by atoms with Crippen LogP contribution in [0.2, 0.25) is 0 Å². The van der Waals surface area contributed by atoms with E-state index >= 15 is 0 Å². The molecule has 1 aromatic carbocycles. The van der Waals surface area contributed by atoms with Gasteiger partial charge < -0.3 is 30.4 Å². The lowest BCUT2D eigenvalue weighted by molar-refractivity contribution is -0.0948. The van der Waals surface area contributed by atoms with Crippen LogP contribution in [0.5, 0.6) is 0 Å². The molecule has 0 saturated carbocycles. The van der Waals surface area contributed by atoms with Crippen molar-refractivity contribution >= 4 is 26.7 Å². The number of rotatable bonds is 4. The van der Waals surface area contributed by atoms with Crippen LogP contribution in [0.3, 0.4) is 0 Å². The summed E-state index contributed by atoms with van der Waals surface area (Å²) in [5.41, 5.74) is 5.80. The van der Waals surface area contributed by atoms with Crippen LogP contribution < -0.4 is 5.73 Å². The summed E-state index contributed by atoms with van der Waals surface area (Å²) in [5, 5.41) is 31.2. The summed E-state index contributed by atoms with van der Waals surface area (Å²) in [6, 6.07) is 6.34. The minimum absolute atomic E-state index is 0.135. The van der Waals surface area contributed by atoms with Gasteiger partial charge >= 0.3 is 0 Å². The minimum atomic E-state index is -3.44. The third kappa shape index (κ3) is 3.15. The molecule has 30 heavy (non-hydrogen) atoms. The summed E-state index contributed by atoms with van der Waals surface area (Å²) in [7, 11) is -3.44. The molecule has 160 valence electrons. The zero-order valence-electron chi connectivity index (χ0n) is 16.3. The molecule has 0 aliphatic carbocycles. The van der Waals surface area contributed by atoms with Crippen molar-refractivity contribution in [1.29, 1.82) is 0 Å². The normalized spacial score (nSPS) is 27.0. The number of aromatic nitrogens is 3. The van der Waals surface area contributed by atoms with Crippen molar-refractivity contribution in [2.24, 2.45) is 0 Å². The van der Waals surface area contributed by atoms with Crippen LogP contribution >= 0.6 is 0 Å². The summed E-state index contributed by atoms with van der Waals surface area (Å²) in [6.07, 6.45) is 0.595. The first-order chi connectivity index (χ1) is 14.1. The van der Waals surface area contributed by atoms with Crippen LogP contribution in [0.15, 0.2) is 41.7 Å². The van der Waals surface area contributed by atoms with E-state index in [-0.39, 0.29) is 10.7 Å². The highest BCUT2D eigenvalue weighted by Gasteiger charge is 2.53. The van der Waals surface area contributed by atoms with Crippen molar-refractivity contribution in [3.63, 3.8) is 0 Å². The van der Waals surface area contributed by atoms with E-state index in [1.54, 1.807) is 18.3 Å². The number of anilines is 1. The molecule has 1 fully saturated rings. The SMILES string of the molecule is C[C@@]1(O)[C@H](O)[C@@H](CO)O[C@H]1n1cc(-c2cccc(S(C)(=O)=O)c2)c2c(N)ncnc21. The van der Waals surface area contributed by atoms with Gasteiger partial charge in [-0.15, -0.1) is 0 Å². The lowest BCUT2D eigenvalue weighted by atomic mass is 9.96. The highest BCUT2D eigenvalue weighted by Crippen LogP contribution is 2.42. The first-order valence-electron chi connectivity index (χ1n) is 9.14. The van der Waals surface area contributed by atoms with Gasteiger partial charge in [0, 0.05) is 18.0 Å². The van der Waals surface area contributed by atoms with E-state index in [9.17, 15) is 23.7 Å². The third-order valence-corrected chi connectivity index (χ3v) is 6.51. The van der Waals surface area contributed by atoms with Crippen molar-refractivity contribution in [3.8, 4) is 11.1 Å². The third-order valence-electron chi connectivity index (χ3n) is 5.40. The Hall–Kier alpha value is -2.57. The Morgan fingerprint density at radius 2 is 2.07 bits per heavy atom.